The van der Waals surface area contributed by atoms with E-state index in [4.69, 9.17) is 14.7 Å². The smallest absolute Gasteiger partial charge is 0.160 e. The molecule has 0 unspecified atom stereocenters. The fourth-order valence-electron chi connectivity index (χ4n) is 8.17. The molecule has 0 atom stereocenters. The SMILES string of the molecule is c1ccc(-c2ccc(-c3cc(-c4ccccc4)nc(-c4cccc(-c5ccc(C6(c7ccccc7)c7ccccc7Oc7ccccc76)cc5)c4)n3)cc2)cc1. The van der Waals surface area contributed by atoms with E-state index in [1.54, 1.807) is 0 Å². The summed E-state index contributed by atoms with van der Waals surface area (Å²) >= 11 is 0. The van der Waals surface area contributed by atoms with Crippen LogP contribution in [0.25, 0.3) is 56.2 Å². The molecule has 0 spiro atoms. The first kappa shape index (κ1) is 33.2. The van der Waals surface area contributed by atoms with Crippen LogP contribution in [0.15, 0.2) is 218 Å². The second-order valence-corrected chi connectivity index (χ2v) is 14.1. The lowest BCUT2D eigenvalue weighted by Gasteiger charge is -2.41. The molecule has 10 rings (SSSR count). The maximum atomic E-state index is 6.51. The van der Waals surface area contributed by atoms with E-state index >= 15 is 0 Å². The second-order valence-electron chi connectivity index (χ2n) is 14.1. The van der Waals surface area contributed by atoms with Crippen molar-refractivity contribution in [2.75, 3.05) is 0 Å². The summed E-state index contributed by atoms with van der Waals surface area (Å²) in [5, 5.41) is 0. The van der Waals surface area contributed by atoms with Gasteiger partial charge in [-0.3, -0.25) is 0 Å². The van der Waals surface area contributed by atoms with Gasteiger partial charge in [0.1, 0.15) is 11.5 Å². The van der Waals surface area contributed by atoms with Gasteiger partial charge in [-0.15, -0.1) is 0 Å². The number of hydrogen-bond acceptors (Lipinski definition) is 3. The van der Waals surface area contributed by atoms with E-state index in [-0.39, 0.29) is 0 Å². The number of benzene rings is 8. The Bertz CT molecular complexity index is 2750. The molecule has 0 fully saturated rings. The van der Waals surface area contributed by atoms with Gasteiger partial charge in [0.05, 0.1) is 16.8 Å². The lowest BCUT2D eigenvalue weighted by atomic mass is 9.63. The molecule has 1 aliphatic rings. The Morgan fingerprint density at radius 3 is 1.34 bits per heavy atom. The Morgan fingerprint density at radius 1 is 0.304 bits per heavy atom. The molecule has 2 heterocycles. The van der Waals surface area contributed by atoms with Crippen LogP contribution in [0.1, 0.15) is 22.3 Å². The van der Waals surface area contributed by atoms with Gasteiger partial charge in [0.25, 0.3) is 0 Å². The minimum absolute atomic E-state index is 0.561. The Kier molecular flexibility index (Phi) is 8.38. The van der Waals surface area contributed by atoms with Gasteiger partial charge in [0.2, 0.25) is 0 Å². The van der Waals surface area contributed by atoms with E-state index in [1.165, 1.54) is 22.3 Å². The average Bonchev–Trinajstić information content (AvgIpc) is 3.29. The highest BCUT2D eigenvalue weighted by molar-refractivity contribution is 5.77. The number of hydrogen-bond donors (Lipinski definition) is 0. The van der Waals surface area contributed by atoms with Crippen LogP contribution in [0, 0.1) is 0 Å². The summed E-state index contributed by atoms with van der Waals surface area (Å²) in [5.41, 5.74) is 13.4. The normalized spacial score (nSPS) is 12.6. The molecule has 8 aromatic carbocycles. The molecule has 9 aromatic rings. The quantitative estimate of drug-likeness (QED) is 0.165. The maximum Gasteiger partial charge on any atom is 0.160 e. The van der Waals surface area contributed by atoms with Gasteiger partial charge in [0.15, 0.2) is 5.82 Å². The monoisotopic (exact) mass is 716 g/mol. The maximum absolute atomic E-state index is 6.51. The van der Waals surface area contributed by atoms with Crippen molar-refractivity contribution in [3.8, 4) is 67.7 Å². The molecule has 56 heavy (non-hydrogen) atoms. The van der Waals surface area contributed by atoms with Crippen molar-refractivity contribution in [1.29, 1.82) is 0 Å². The molecular formula is C53H36N2O. The highest BCUT2D eigenvalue weighted by Crippen LogP contribution is 2.55. The van der Waals surface area contributed by atoms with E-state index in [2.05, 4.69) is 194 Å². The van der Waals surface area contributed by atoms with Crippen LogP contribution in [0.4, 0.5) is 0 Å². The number of rotatable bonds is 7. The summed E-state index contributed by atoms with van der Waals surface area (Å²) in [5.74, 6) is 2.43. The highest BCUT2D eigenvalue weighted by atomic mass is 16.5. The number of fused-ring (bicyclic) bond motifs is 2. The van der Waals surface area contributed by atoms with Gasteiger partial charge >= 0.3 is 0 Å². The fourth-order valence-corrected chi connectivity index (χ4v) is 8.17. The van der Waals surface area contributed by atoms with E-state index in [0.717, 1.165) is 61.8 Å². The lowest BCUT2D eigenvalue weighted by molar-refractivity contribution is 0.434. The van der Waals surface area contributed by atoms with Crippen LogP contribution in [0.2, 0.25) is 0 Å². The van der Waals surface area contributed by atoms with E-state index in [0.29, 0.717) is 5.82 Å². The molecule has 0 N–H and O–H groups in total. The van der Waals surface area contributed by atoms with E-state index in [1.807, 2.05) is 24.3 Å². The zero-order chi connectivity index (χ0) is 37.3. The summed E-state index contributed by atoms with van der Waals surface area (Å²) in [4.78, 5) is 10.3. The number of aromatic nitrogens is 2. The minimum Gasteiger partial charge on any atom is -0.457 e. The van der Waals surface area contributed by atoms with E-state index in [9.17, 15) is 0 Å². The molecule has 0 saturated carbocycles. The van der Waals surface area contributed by atoms with Gasteiger partial charge in [-0.25, -0.2) is 9.97 Å². The van der Waals surface area contributed by atoms with Crippen LogP contribution in [-0.4, -0.2) is 9.97 Å². The molecule has 0 bridgehead atoms. The van der Waals surface area contributed by atoms with Crippen molar-refractivity contribution >= 4 is 0 Å². The second kappa shape index (κ2) is 14.1. The highest BCUT2D eigenvalue weighted by Gasteiger charge is 2.45. The van der Waals surface area contributed by atoms with Crippen molar-refractivity contribution in [2.45, 2.75) is 5.41 Å². The van der Waals surface area contributed by atoms with Gasteiger partial charge in [-0.05, 0) is 57.6 Å². The topological polar surface area (TPSA) is 35.0 Å². The van der Waals surface area contributed by atoms with Crippen molar-refractivity contribution in [3.63, 3.8) is 0 Å². The van der Waals surface area contributed by atoms with Crippen molar-refractivity contribution in [3.05, 3.63) is 241 Å². The van der Waals surface area contributed by atoms with Crippen molar-refractivity contribution in [1.82, 2.24) is 9.97 Å². The summed E-state index contributed by atoms with van der Waals surface area (Å²) in [6.45, 7) is 0. The van der Waals surface area contributed by atoms with Crippen LogP contribution >= 0.6 is 0 Å². The fraction of sp³-hybridized carbons (Fsp3) is 0.0189. The average molecular weight is 717 g/mol. The molecule has 0 saturated heterocycles. The molecule has 1 aliphatic heterocycles. The third-order valence-electron chi connectivity index (χ3n) is 10.9. The van der Waals surface area contributed by atoms with Crippen molar-refractivity contribution < 1.29 is 4.74 Å². The zero-order valence-electron chi connectivity index (χ0n) is 30.6. The van der Waals surface area contributed by atoms with E-state index < -0.39 is 5.41 Å². The Hall–Kier alpha value is -7.36. The summed E-state index contributed by atoms with van der Waals surface area (Å²) in [7, 11) is 0. The lowest BCUT2D eigenvalue weighted by Crippen LogP contribution is -2.34. The Balaban J connectivity index is 1.06. The van der Waals surface area contributed by atoms with Gasteiger partial charge in [0, 0.05) is 27.8 Å². The minimum atomic E-state index is -0.561. The Morgan fingerprint density at radius 2 is 0.714 bits per heavy atom. The van der Waals surface area contributed by atoms with Crippen molar-refractivity contribution in [2.24, 2.45) is 0 Å². The number of nitrogens with zero attached hydrogens (tertiary/aromatic N) is 2. The molecule has 0 radical (unpaired) electrons. The third-order valence-corrected chi connectivity index (χ3v) is 10.9. The molecule has 3 heteroatoms. The first-order valence-electron chi connectivity index (χ1n) is 19.0. The molecule has 264 valence electrons. The predicted octanol–water partition coefficient (Wildman–Crippen LogP) is 13.3. The van der Waals surface area contributed by atoms with Crippen LogP contribution in [0.3, 0.4) is 0 Å². The molecule has 3 nitrogen and oxygen atoms in total. The third kappa shape index (κ3) is 5.87. The van der Waals surface area contributed by atoms with Crippen LogP contribution < -0.4 is 4.74 Å². The van der Waals surface area contributed by atoms with Crippen LogP contribution in [-0.2, 0) is 5.41 Å². The van der Waals surface area contributed by atoms with Gasteiger partial charge in [-0.2, -0.15) is 0 Å². The van der Waals surface area contributed by atoms with Gasteiger partial charge < -0.3 is 4.74 Å². The number of ether oxygens (including phenoxy) is 1. The number of para-hydroxylation sites is 2. The zero-order valence-corrected chi connectivity index (χ0v) is 30.6. The largest absolute Gasteiger partial charge is 0.457 e. The summed E-state index contributed by atoms with van der Waals surface area (Å²) in [6, 6.07) is 76.7. The Labute approximate surface area is 327 Å². The predicted molar refractivity (Wildman–Crippen MR) is 228 cm³/mol. The molecular weight excluding hydrogens is 681 g/mol. The first-order valence-corrected chi connectivity index (χ1v) is 19.0. The summed E-state index contributed by atoms with van der Waals surface area (Å²) < 4.78 is 6.51. The van der Waals surface area contributed by atoms with Gasteiger partial charge in [-0.1, -0.05) is 194 Å². The molecule has 1 aromatic heterocycles. The molecule has 0 amide bonds. The van der Waals surface area contributed by atoms with Crippen LogP contribution in [0.5, 0.6) is 11.5 Å². The standard InChI is InChI=1S/C53H36N2O/c1-4-15-37(16-5-1)38-27-29-41(30-28-38)49-36-48(40-17-6-2-7-18-40)54-52(55-49)43-20-14-19-42(35-43)39-31-33-45(34-32-39)53(44-21-8-3-9-22-44)46-23-10-12-25-50(46)56-51-26-13-11-24-47(51)53/h1-36H. The summed E-state index contributed by atoms with van der Waals surface area (Å²) in [6.07, 6.45) is 0. The first-order chi connectivity index (χ1) is 27.7. The molecule has 0 aliphatic carbocycles.